The molecule has 3 rings (SSSR count). The summed E-state index contributed by atoms with van der Waals surface area (Å²) in [7, 11) is 1.51. The molecule has 0 bridgehead atoms. The molecule has 32 heavy (non-hydrogen) atoms. The Morgan fingerprint density at radius 2 is 1.75 bits per heavy atom. The molecule has 0 N–H and O–H groups in total. The van der Waals surface area contributed by atoms with Gasteiger partial charge in [0.1, 0.15) is 5.82 Å². The first-order valence-corrected chi connectivity index (χ1v) is 10.8. The summed E-state index contributed by atoms with van der Waals surface area (Å²) in [6, 6.07) is 7.13. The second kappa shape index (κ2) is 10.7. The molecule has 0 aromatic heterocycles. The van der Waals surface area contributed by atoms with Gasteiger partial charge in [-0.3, -0.25) is 9.59 Å². The molecule has 170 valence electrons. The fourth-order valence-corrected chi connectivity index (χ4v) is 3.93. The fourth-order valence-electron chi connectivity index (χ4n) is 3.38. The third-order valence-corrected chi connectivity index (χ3v) is 5.59. The van der Waals surface area contributed by atoms with Crippen molar-refractivity contribution in [1.29, 1.82) is 0 Å². The van der Waals surface area contributed by atoms with Gasteiger partial charge in [0.2, 0.25) is 5.91 Å². The van der Waals surface area contributed by atoms with E-state index in [1.807, 2.05) is 6.92 Å². The monoisotopic (exact) mass is 480 g/mol. The minimum atomic E-state index is -0.500. The van der Waals surface area contributed by atoms with Crippen LogP contribution in [0.2, 0.25) is 10.0 Å². The Kier molecular flexibility index (Phi) is 7.99. The van der Waals surface area contributed by atoms with Crippen LogP contribution < -0.4 is 9.47 Å². The van der Waals surface area contributed by atoms with Crippen LogP contribution in [0.1, 0.15) is 22.8 Å². The lowest BCUT2D eigenvalue weighted by molar-refractivity contribution is -0.127. The Morgan fingerprint density at radius 1 is 1.06 bits per heavy atom. The van der Waals surface area contributed by atoms with E-state index in [1.165, 1.54) is 25.3 Å². The highest BCUT2D eigenvalue weighted by Gasteiger charge is 2.25. The van der Waals surface area contributed by atoms with E-state index < -0.39 is 5.82 Å². The molecule has 0 unspecified atom stereocenters. The highest BCUT2D eigenvalue weighted by Crippen LogP contribution is 2.36. The number of carbonyl (C=O) groups excluding carboxylic acids is 2. The average molecular weight is 481 g/mol. The van der Waals surface area contributed by atoms with Gasteiger partial charge in [-0.1, -0.05) is 23.2 Å². The van der Waals surface area contributed by atoms with E-state index in [1.54, 1.807) is 28.0 Å². The van der Waals surface area contributed by atoms with Crippen LogP contribution in [0.4, 0.5) is 4.39 Å². The Bertz CT molecular complexity index is 1040. The number of carbonyl (C=O) groups is 2. The maximum Gasteiger partial charge on any atom is 0.255 e. The Balaban J connectivity index is 1.62. The minimum Gasteiger partial charge on any atom is -0.491 e. The first-order chi connectivity index (χ1) is 15.3. The summed E-state index contributed by atoms with van der Waals surface area (Å²) in [4.78, 5) is 28.5. The highest BCUT2D eigenvalue weighted by atomic mass is 35.5. The van der Waals surface area contributed by atoms with Crippen LogP contribution in [0, 0.1) is 5.82 Å². The number of methoxy groups -OCH3 is 1. The Labute approximate surface area is 196 Å². The van der Waals surface area contributed by atoms with Gasteiger partial charge < -0.3 is 19.3 Å². The van der Waals surface area contributed by atoms with Gasteiger partial charge in [0.15, 0.2) is 11.5 Å². The Hall–Kier alpha value is -2.77. The second-order valence-corrected chi connectivity index (χ2v) is 7.86. The van der Waals surface area contributed by atoms with Crippen LogP contribution in [0.15, 0.2) is 36.4 Å². The number of benzene rings is 2. The number of amides is 2. The van der Waals surface area contributed by atoms with Crippen LogP contribution in [0.3, 0.4) is 0 Å². The summed E-state index contributed by atoms with van der Waals surface area (Å²) in [6.07, 6.45) is 3.12. The molecule has 2 amide bonds. The van der Waals surface area contributed by atoms with Gasteiger partial charge in [-0.15, -0.1) is 0 Å². The molecule has 0 radical (unpaired) electrons. The molecule has 9 heteroatoms. The molecule has 1 heterocycles. The van der Waals surface area contributed by atoms with Crippen LogP contribution in [0.25, 0.3) is 6.08 Å². The van der Waals surface area contributed by atoms with Crippen molar-refractivity contribution in [2.24, 2.45) is 0 Å². The standard InChI is InChI=1S/C23H23Cl2FN2O4/c1-3-32-20-13-15(12-19(25)22(20)31-2)4-7-21(29)27-8-10-28(11-9-27)23(30)17-6-5-16(26)14-18(17)24/h4-7,12-14H,3,8-11H2,1-2H3/b7-4+. The summed E-state index contributed by atoms with van der Waals surface area (Å²) in [6.45, 7) is 3.77. The average Bonchev–Trinajstić information content (AvgIpc) is 2.77. The molecular formula is C23H23Cl2FN2O4. The van der Waals surface area contributed by atoms with E-state index in [9.17, 15) is 14.0 Å². The summed E-state index contributed by atoms with van der Waals surface area (Å²) >= 11 is 12.2. The maximum atomic E-state index is 13.2. The summed E-state index contributed by atoms with van der Waals surface area (Å²) in [5.41, 5.74) is 0.946. The van der Waals surface area contributed by atoms with E-state index >= 15 is 0 Å². The van der Waals surface area contributed by atoms with Crippen molar-refractivity contribution < 1.29 is 23.5 Å². The normalized spacial score (nSPS) is 14.0. The van der Waals surface area contributed by atoms with Crippen molar-refractivity contribution in [2.75, 3.05) is 39.9 Å². The zero-order valence-electron chi connectivity index (χ0n) is 17.7. The molecule has 1 fully saturated rings. The molecule has 0 atom stereocenters. The van der Waals surface area contributed by atoms with Gasteiger partial charge in [-0.05, 0) is 48.9 Å². The zero-order chi connectivity index (χ0) is 23.3. The Morgan fingerprint density at radius 3 is 2.38 bits per heavy atom. The number of piperazine rings is 1. The van der Waals surface area contributed by atoms with E-state index in [0.29, 0.717) is 54.9 Å². The first kappa shape index (κ1) is 23.9. The van der Waals surface area contributed by atoms with E-state index in [4.69, 9.17) is 32.7 Å². The van der Waals surface area contributed by atoms with Crippen molar-refractivity contribution >= 4 is 41.1 Å². The molecule has 1 aliphatic heterocycles. The van der Waals surface area contributed by atoms with Crippen molar-refractivity contribution in [1.82, 2.24) is 9.80 Å². The third-order valence-electron chi connectivity index (χ3n) is 4.99. The SMILES string of the molecule is CCOc1cc(/C=C/C(=O)N2CCN(C(=O)c3ccc(F)cc3Cl)CC2)cc(Cl)c1OC. The molecule has 0 aliphatic carbocycles. The minimum absolute atomic E-state index is 0.0704. The van der Waals surface area contributed by atoms with Gasteiger partial charge >= 0.3 is 0 Å². The van der Waals surface area contributed by atoms with Crippen LogP contribution >= 0.6 is 23.2 Å². The van der Waals surface area contributed by atoms with Crippen LogP contribution in [-0.4, -0.2) is 61.5 Å². The molecule has 0 spiro atoms. The highest BCUT2D eigenvalue weighted by molar-refractivity contribution is 6.33. The van der Waals surface area contributed by atoms with Crippen molar-refractivity contribution in [3.8, 4) is 11.5 Å². The van der Waals surface area contributed by atoms with Gasteiger partial charge in [-0.25, -0.2) is 4.39 Å². The maximum absolute atomic E-state index is 13.2. The lowest BCUT2D eigenvalue weighted by Gasteiger charge is -2.34. The smallest absolute Gasteiger partial charge is 0.255 e. The lowest BCUT2D eigenvalue weighted by Crippen LogP contribution is -2.50. The quantitative estimate of drug-likeness (QED) is 0.569. The van der Waals surface area contributed by atoms with E-state index in [-0.39, 0.29) is 22.4 Å². The molecule has 1 saturated heterocycles. The molecule has 1 aliphatic rings. The fraction of sp³-hybridized carbons (Fsp3) is 0.304. The molecule has 0 saturated carbocycles. The number of rotatable bonds is 6. The number of hydrogen-bond acceptors (Lipinski definition) is 4. The van der Waals surface area contributed by atoms with E-state index in [0.717, 1.165) is 6.07 Å². The predicted molar refractivity (Wildman–Crippen MR) is 122 cm³/mol. The summed E-state index contributed by atoms with van der Waals surface area (Å²) < 4.78 is 24.0. The van der Waals surface area contributed by atoms with E-state index in [2.05, 4.69) is 0 Å². The van der Waals surface area contributed by atoms with Crippen molar-refractivity contribution in [2.45, 2.75) is 6.92 Å². The molecule has 2 aromatic rings. The van der Waals surface area contributed by atoms with Gasteiger partial charge in [0, 0.05) is 32.3 Å². The first-order valence-electron chi connectivity index (χ1n) is 10.1. The van der Waals surface area contributed by atoms with Gasteiger partial charge in [0.25, 0.3) is 5.91 Å². The van der Waals surface area contributed by atoms with Crippen LogP contribution in [-0.2, 0) is 4.79 Å². The summed E-state index contributed by atoms with van der Waals surface area (Å²) in [5, 5.41) is 0.457. The number of halogens is 3. The molecule has 6 nitrogen and oxygen atoms in total. The zero-order valence-corrected chi connectivity index (χ0v) is 19.3. The predicted octanol–water partition coefficient (Wildman–Crippen LogP) is 4.54. The number of ether oxygens (including phenoxy) is 2. The topological polar surface area (TPSA) is 59.1 Å². The molecule has 2 aromatic carbocycles. The summed E-state index contributed by atoms with van der Waals surface area (Å²) in [5.74, 6) is -0.0173. The third kappa shape index (κ3) is 5.53. The van der Waals surface area contributed by atoms with Gasteiger partial charge in [-0.2, -0.15) is 0 Å². The van der Waals surface area contributed by atoms with Crippen LogP contribution in [0.5, 0.6) is 11.5 Å². The number of hydrogen-bond donors (Lipinski definition) is 0. The number of nitrogens with zero attached hydrogens (tertiary/aromatic N) is 2. The second-order valence-electron chi connectivity index (χ2n) is 7.04. The molecular weight excluding hydrogens is 458 g/mol. The van der Waals surface area contributed by atoms with Crippen molar-refractivity contribution in [3.05, 3.63) is 63.4 Å². The van der Waals surface area contributed by atoms with Gasteiger partial charge in [0.05, 0.1) is 29.3 Å². The largest absolute Gasteiger partial charge is 0.491 e. The lowest BCUT2D eigenvalue weighted by atomic mass is 10.1. The van der Waals surface area contributed by atoms with Crippen molar-refractivity contribution in [3.63, 3.8) is 0 Å².